The Morgan fingerprint density at radius 3 is 2.50 bits per heavy atom. The lowest BCUT2D eigenvalue weighted by molar-refractivity contribution is -0.150. The predicted molar refractivity (Wildman–Crippen MR) is 126 cm³/mol. The number of likely N-dealkylation sites (N-methyl/N-ethyl adjacent to an activating group) is 1. The third-order valence-corrected chi connectivity index (χ3v) is 6.26. The molecule has 1 atom stereocenters. The van der Waals surface area contributed by atoms with Gasteiger partial charge >= 0.3 is 0 Å². The number of morpholine rings is 1. The van der Waals surface area contributed by atoms with Crippen molar-refractivity contribution in [2.45, 2.75) is 51.9 Å². The first kappa shape index (κ1) is 24.1. The summed E-state index contributed by atoms with van der Waals surface area (Å²) in [5, 5.41) is 10.3. The van der Waals surface area contributed by atoms with E-state index in [1.54, 1.807) is 30.4 Å². The number of hydrogen-bond donors (Lipinski definition) is 2. The molecule has 1 saturated heterocycles. The summed E-state index contributed by atoms with van der Waals surface area (Å²) in [4.78, 5) is 33.8. The molecule has 0 radical (unpaired) electrons. The average Bonchev–Trinajstić information content (AvgIpc) is 2.80. The average molecular weight is 472 g/mol. The lowest BCUT2D eigenvalue weighted by Gasteiger charge is -2.42. The predicted octanol–water partition coefficient (Wildman–Crippen LogP) is 1.13. The maximum Gasteiger partial charge on any atom is 0.251 e. The minimum atomic E-state index is -1.04. The number of nitrogens with two attached hydrogens (primary N) is 1. The number of anilines is 2. The fourth-order valence-corrected chi connectivity index (χ4v) is 3.86. The van der Waals surface area contributed by atoms with Crippen molar-refractivity contribution in [3.8, 4) is 17.1 Å². The van der Waals surface area contributed by atoms with E-state index in [-0.39, 0.29) is 24.0 Å². The Kier molecular flexibility index (Phi) is 6.85. The number of nitrogens with zero attached hydrogens (tertiary/aromatic N) is 6. The maximum atomic E-state index is 12.6. The molecule has 1 saturated carbocycles. The Labute approximate surface area is 199 Å². The van der Waals surface area contributed by atoms with Gasteiger partial charge in [0.05, 0.1) is 18.9 Å². The minimum Gasteiger partial charge on any atom is -0.474 e. The van der Waals surface area contributed by atoms with E-state index in [9.17, 15) is 9.90 Å². The standard InChI is InChI=1S/C23H33N7O4/c1-23(2,3)19(31)20(32)29(4)15-9-16(10-15)34-18-11-17(14-12-25-21(24)26-13-14)27-22(28-18)30-5-7-33-8-6-30/h11-13,15-16,19,31H,5-10H2,1-4H3,(H2,24,25,26). The summed E-state index contributed by atoms with van der Waals surface area (Å²) >= 11 is 0. The molecular formula is C23H33N7O4. The summed E-state index contributed by atoms with van der Waals surface area (Å²) < 4.78 is 11.6. The highest BCUT2D eigenvalue weighted by molar-refractivity contribution is 5.81. The van der Waals surface area contributed by atoms with Gasteiger partial charge in [-0.2, -0.15) is 4.98 Å². The number of carbonyl (C=O) groups is 1. The molecule has 3 N–H and O–H groups in total. The van der Waals surface area contributed by atoms with E-state index >= 15 is 0 Å². The van der Waals surface area contributed by atoms with Crippen molar-refractivity contribution in [1.29, 1.82) is 0 Å². The summed E-state index contributed by atoms with van der Waals surface area (Å²) in [5.74, 6) is 0.941. The number of rotatable bonds is 6. The van der Waals surface area contributed by atoms with Crippen LogP contribution in [0.4, 0.5) is 11.9 Å². The van der Waals surface area contributed by atoms with Crippen LogP contribution in [0.2, 0.25) is 0 Å². The Morgan fingerprint density at radius 1 is 1.24 bits per heavy atom. The Hall–Kier alpha value is -3.05. The Morgan fingerprint density at radius 2 is 1.88 bits per heavy atom. The monoisotopic (exact) mass is 471 g/mol. The second-order valence-electron chi connectivity index (χ2n) is 9.90. The molecule has 0 bridgehead atoms. The van der Waals surface area contributed by atoms with Gasteiger partial charge in [0, 0.05) is 63.0 Å². The zero-order chi connectivity index (χ0) is 24.5. The molecule has 2 fully saturated rings. The van der Waals surface area contributed by atoms with Crippen LogP contribution in [0.5, 0.6) is 5.88 Å². The SMILES string of the molecule is CN(C(=O)C(O)C(C)(C)C)C1CC(Oc2cc(-c3cnc(N)nc3)nc(N3CCOCC3)n2)C1. The third kappa shape index (κ3) is 5.36. The van der Waals surface area contributed by atoms with Crippen LogP contribution in [-0.4, -0.2) is 87.5 Å². The minimum absolute atomic E-state index is 0.0139. The number of hydrogen-bond acceptors (Lipinski definition) is 10. The zero-order valence-electron chi connectivity index (χ0n) is 20.1. The Balaban J connectivity index is 1.47. The highest BCUT2D eigenvalue weighted by Crippen LogP contribution is 2.32. The largest absolute Gasteiger partial charge is 0.474 e. The number of aliphatic hydroxyl groups excluding tert-OH is 1. The molecule has 11 heteroatoms. The van der Waals surface area contributed by atoms with E-state index in [1.165, 1.54) is 0 Å². The molecule has 2 aromatic heterocycles. The fourth-order valence-electron chi connectivity index (χ4n) is 3.86. The molecule has 4 rings (SSSR count). The molecule has 184 valence electrons. The number of ether oxygens (including phenoxy) is 2. The van der Waals surface area contributed by atoms with Crippen LogP contribution in [0.25, 0.3) is 11.3 Å². The molecule has 3 heterocycles. The smallest absolute Gasteiger partial charge is 0.251 e. The van der Waals surface area contributed by atoms with Crippen LogP contribution >= 0.6 is 0 Å². The van der Waals surface area contributed by atoms with Crippen LogP contribution in [0.1, 0.15) is 33.6 Å². The number of amides is 1. The van der Waals surface area contributed by atoms with Crippen molar-refractivity contribution < 1.29 is 19.4 Å². The summed E-state index contributed by atoms with van der Waals surface area (Å²) in [6.07, 6.45) is 3.44. The number of nitrogen functional groups attached to an aromatic ring is 1. The summed E-state index contributed by atoms with van der Waals surface area (Å²) in [6.45, 7) is 8.15. The quantitative estimate of drug-likeness (QED) is 0.630. The first-order valence-corrected chi connectivity index (χ1v) is 11.5. The second kappa shape index (κ2) is 9.67. The molecular weight excluding hydrogens is 438 g/mol. The maximum absolute atomic E-state index is 12.6. The van der Waals surface area contributed by atoms with Crippen molar-refractivity contribution >= 4 is 17.8 Å². The van der Waals surface area contributed by atoms with Gasteiger partial charge in [0.15, 0.2) is 0 Å². The van der Waals surface area contributed by atoms with Gasteiger partial charge in [0.1, 0.15) is 12.2 Å². The van der Waals surface area contributed by atoms with Crippen LogP contribution in [-0.2, 0) is 9.53 Å². The van der Waals surface area contributed by atoms with E-state index in [0.29, 0.717) is 62.2 Å². The van der Waals surface area contributed by atoms with Crippen LogP contribution in [0.3, 0.4) is 0 Å². The normalized spacial score (nSPS) is 21.5. The molecule has 0 spiro atoms. The van der Waals surface area contributed by atoms with Crippen molar-refractivity contribution in [3.63, 3.8) is 0 Å². The number of aliphatic hydroxyl groups is 1. The second-order valence-corrected chi connectivity index (χ2v) is 9.90. The highest BCUT2D eigenvalue weighted by atomic mass is 16.5. The molecule has 0 aromatic carbocycles. The van der Waals surface area contributed by atoms with E-state index in [2.05, 4.69) is 19.9 Å². The zero-order valence-corrected chi connectivity index (χ0v) is 20.1. The highest BCUT2D eigenvalue weighted by Gasteiger charge is 2.40. The molecule has 2 aromatic rings. The van der Waals surface area contributed by atoms with Gasteiger partial charge in [-0.3, -0.25) is 4.79 Å². The summed E-state index contributed by atoms with van der Waals surface area (Å²) in [7, 11) is 1.73. The van der Waals surface area contributed by atoms with Gasteiger partial charge in [-0.05, 0) is 5.41 Å². The van der Waals surface area contributed by atoms with Crippen molar-refractivity contribution in [2.75, 3.05) is 44.0 Å². The van der Waals surface area contributed by atoms with Gasteiger partial charge in [0.25, 0.3) is 5.91 Å². The fraction of sp³-hybridized carbons (Fsp3) is 0.609. The molecule has 1 aliphatic carbocycles. The first-order valence-electron chi connectivity index (χ1n) is 11.5. The Bertz CT molecular complexity index is 999. The van der Waals surface area contributed by atoms with Crippen LogP contribution < -0.4 is 15.4 Å². The number of carbonyl (C=O) groups excluding carboxylic acids is 1. The van der Waals surface area contributed by atoms with E-state index in [1.807, 2.05) is 20.8 Å². The van der Waals surface area contributed by atoms with Gasteiger partial charge in [0.2, 0.25) is 17.8 Å². The third-order valence-electron chi connectivity index (χ3n) is 6.26. The van der Waals surface area contributed by atoms with E-state index in [4.69, 9.17) is 20.2 Å². The lowest BCUT2D eigenvalue weighted by Crippen LogP contribution is -2.54. The van der Waals surface area contributed by atoms with E-state index in [0.717, 1.165) is 0 Å². The summed E-state index contributed by atoms with van der Waals surface area (Å²) in [5.41, 5.74) is 6.47. The van der Waals surface area contributed by atoms with Gasteiger partial charge < -0.3 is 30.1 Å². The van der Waals surface area contributed by atoms with Gasteiger partial charge in [-0.25, -0.2) is 15.0 Å². The van der Waals surface area contributed by atoms with Crippen molar-refractivity contribution in [3.05, 3.63) is 18.5 Å². The first-order chi connectivity index (χ1) is 16.1. The molecule has 1 aliphatic heterocycles. The molecule has 34 heavy (non-hydrogen) atoms. The topological polar surface area (TPSA) is 140 Å². The van der Waals surface area contributed by atoms with Crippen molar-refractivity contribution in [1.82, 2.24) is 24.8 Å². The molecule has 1 unspecified atom stereocenters. The van der Waals surface area contributed by atoms with E-state index < -0.39 is 11.5 Å². The van der Waals surface area contributed by atoms with Gasteiger partial charge in [-0.15, -0.1) is 0 Å². The van der Waals surface area contributed by atoms with Crippen molar-refractivity contribution in [2.24, 2.45) is 5.41 Å². The molecule has 11 nitrogen and oxygen atoms in total. The lowest BCUT2D eigenvalue weighted by atomic mass is 9.85. The molecule has 1 amide bonds. The number of aromatic nitrogens is 4. The van der Waals surface area contributed by atoms with Crippen LogP contribution in [0.15, 0.2) is 18.5 Å². The van der Waals surface area contributed by atoms with Crippen LogP contribution in [0, 0.1) is 5.41 Å². The molecule has 2 aliphatic rings. The van der Waals surface area contributed by atoms with Gasteiger partial charge in [-0.1, -0.05) is 20.8 Å². The summed E-state index contributed by atoms with van der Waals surface area (Å²) in [6, 6.07) is 1.78.